The van der Waals surface area contributed by atoms with E-state index in [0.717, 1.165) is 25.9 Å². The van der Waals surface area contributed by atoms with Gasteiger partial charge in [0.25, 0.3) is 0 Å². The normalized spacial score (nSPS) is 18.0. The van der Waals surface area contributed by atoms with Crippen molar-refractivity contribution in [2.45, 2.75) is 19.4 Å². The van der Waals surface area contributed by atoms with Gasteiger partial charge in [-0.1, -0.05) is 0 Å². The highest BCUT2D eigenvalue weighted by Crippen LogP contribution is 2.13. The third kappa shape index (κ3) is 4.24. The Morgan fingerprint density at radius 3 is 2.57 bits per heavy atom. The zero-order chi connectivity index (χ0) is 19.5. The van der Waals surface area contributed by atoms with Gasteiger partial charge in [0.2, 0.25) is 5.91 Å². The maximum Gasteiger partial charge on any atom is 0.317 e. The molecule has 2 fully saturated rings. The second-order valence-corrected chi connectivity index (χ2v) is 7.35. The standard InChI is InChI=1S/C19H25FN6O2/c20-14-3-4-15-16(11-14)23-17(22-15)12-21-19(28)26-9-7-24(8-10-26)13-18(27)25-5-1-2-6-25/h3-4,11H,1-2,5-10,12-13H2,(H,21,28)(H,22,23). The molecule has 150 valence electrons. The molecule has 9 heteroatoms. The van der Waals surface area contributed by atoms with Crippen LogP contribution in [0.3, 0.4) is 0 Å². The van der Waals surface area contributed by atoms with Crippen LogP contribution < -0.4 is 5.32 Å². The molecule has 0 spiro atoms. The van der Waals surface area contributed by atoms with Gasteiger partial charge in [0.15, 0.2) is 0 Å². The summed E-state index contributed by atoms with van der Waals surface area (Å²) in [7, 11) is 0. The third-order valence-electron chi connectivity index (χ3n) is 5.38. The summed E-state index contributed by atoms with van der Waals surface area (Å²) in [5, 5.41) is 2.85. The van der Waals surface area contributed by atoms with E-state index < -0.39 is 0 Å². The number of rotatable bonds is 4. The van der Waals surface area contributed by atoms with Crippen LogP contribution in [-0.4, -0.2) is 82.4 Å². The number of likely N-dealkylation sites (tertiary alicyclic amines) is 1. The third-order valence-corrected chi connectivity index (χ3v) is 5.38. The highest BCUT2D eigenvalue weighted by molar-refractivity contribution is 5.79. The number of aromatic nitrogens is 2. The van der Waals surface area contributed by atoms with Gasteiger partial charge >= 0.3 is 6.03 Å². The van der Waals surface area contributed by atoms with E-state index in [0.29, 0.717) is 49.6 Å². The average Bonchev–Trinajstić information content (AvgIpc) is 3.36. The molecule has 28 heavy (non-hydrogen) atoms. The summed E-state index contributed by atoms with van der Waals surface area (Å²) in [6.45, 7) is 4.99. The number of fused-ring (bicyclic) bond motifs is 1. The number of hydrogen-bond donors (Lipinski definition) is 2. The van der Waals surface area contributed by atoms with Crippen LogP contribution in [-0.2, 0) is 11.3 Å². The molecule has 1 aromatic heterocycles. The molecule has 1 aromatic carbocycles. The number of aromatic amines is 1. The fraction of sp³-hybridized carbons (Fsp3) is 0.526. The number of imidazole rings is 1. The van der Waals surface area contributed by atoms with Gasteiger partial charge < -0.3 is 20.1 Å². The van der Waals surface area contributed by atoms with Gasteiger partial charge in [-0.05, 0) is 31.0 Å². The first-order chi connectivity index (χ1) is 13.6. The molecule has 2 N–H and O–H groups in total. The van der Waals surface area contributed by atoms with Crippen LogP contribution in [0.4, 0.5) is 9.18 Å². The highest BCUT2D eigenvalue weighted by Gasteiger charge is 2.25. The summed E-state index contributed by atoms with van der Waals surface area (Å²) in [4.78, 5) is 37.8. The molecular formula is C19H25FN6O2. The van der Waals surface area contributed by atoms with Crippen LogP contribution in [0.15, 0.2) is 18.2 Å². The predicted octanol–water partition coefficient (Wildman–Crippen LogP) is 1.15. The summed E-state index contributed by atoms with van der Waals surface area (Å²) in [5.41, 5.74) is 1.28. The van der Waals surface area contributed by atoms with Crippen LogP contribution in [0, 0.1) is 5.82 Å². The van der Waals surface area contributed by atoms with Crippen molar-refractivity contribution in [3.63, 3.8) is 0 Å². The van der Waals surface area contributed by atoms with E-state index in [2.05, 4.69) is 20.2 Å². The van der Waals surface area contributed by atoms with Crippen molar-refractivity contribution in [2.75, 3.05) is 45.8 Å². The van der Waals surface area contributed by atoms with Gasteiger partial charge in [0.05, 0.1) is 24.1 Å². The number of carbonyl (C=O) groups excluding carboxylic acids is 2. The minimum absolute atomic E-state index is 0.155. The van der Waals surface area contributed by atoms with E-state index in [1.807, 2.05) is 4.90 Å². The second kappa shape index (κ2) is 8.14. The number of nitrogens with one attached hydrogen (secondary N) is 2. The van der Waals surface area contributed by atoms with Crippen LogP contribution >= 0.6 is 0 Å². The maximum atomic E-state index is 13.2. The SMILES string of the molecule is O=C(CN1CCN(C(=O)NCc2nc3ccc(F)cc3[nH]2)CC1)N1CCCC1. The number of piperazine rings is 1. The van der Waals surface area contributed by atoms with Crippen LogP contribution in [0.2, 0.25) is 0 Å². The molecule has 3 heterocycles. The summed E-state index contributed by atoms with van der Waals surface area (Å²) in [6, 6.07) is 4.20. The van der Waals surface area contributed by atoms with E-state index in [1.54, 1.807) is 11.0 Å². The number of benzene rings is 1. The van der Waals surface area contributed by atoms with Crippen molar-refractivity contribution < 1.29 is 14.0 Å². The zero-order valence-corrected chi connectivity index (χ0v) is 15.8. The molecule has 8 nitrogen and oxygen atoms in total. The Bertz CT molecular complexity index is 855. The quantitative estimate of drug-likeness (QED) is 0.823. The van der Waals surface area contributed by atoms with E-state index in [9.17, 15) is 14.0 Å². The Morgan fingerprint density at radius 1 is 1.07 bits per heavy atom. The van der Waals surface area contributed by atoms with E-state index in [1.165, 1.54) is 12.1 Å². The van der Waals surface area contributed by atoms with Crippen LogP contribution in [0.5, 0.6) is 0 Å². The van der Waals surface area contributed by atoms with E-state index in [4.69, 9.17) is 0 Å². The zero-order valence-electron chi connectivity index (χ0n) is 15.8. The van der Waals surface area contributed by atoms with E-state index >= 15 is 0 Å². The molecule has 0 unspecified atom stereocenters. The summed E-state index contributed by atoms with van der Waals surface area (Å²) in [6.07, 6.45) is 2.19. The van der Waals surface area contributed by atoms with Gasteiger partial charge in [-0.3, -0.25) is 9.69 Å². The number of carbonyl (C=O) groups is 2. The van der Waals surface area contributed by atoms with Gasteiger partial charge in [-0.25, -0.2) is 14.2 Å². The van der Waals surface area contributed by atoms with Gasteiger partial charge in [-0.2, -0.15) is 0 Å². The molecule has 3 amide bonds. The Balaban J connectivity index is 1.22. The number of urea groups is 1. The first kappa shape index (κ1) is 18.7. The molecule has 2 saturated heterocycles. The monoisotopic (exact) mass is 388 g/mol. The molecule has 2 aromatic rings. The lowest BCUT2D eigenvalue weighted by molar-refractivity contribution is -0.131. The summed E-state index contributed by atoms with van der Waals surface area (Å²) >= 11 is 0. The van der Waals surface area contributed by atoms with Crippen molar-refractivity contribution in [1.82, 2.24) is 30.0 Å². The average molecular weight is 388 g/mol. The molecule has 4 rings (SSSR count). The van der Waals surface area contributed by atoms with E-state index in [-0.39, 0.29) is 24.3 Å². The Hall–Kier alpha value is -2.68. The van der Waals surface area contributed by atoms with Crippen molar-refractivity contribution in [2.24, 2.45) is 0 Å². The largest absolute Gasteiger partial charge is 0.342 e. The Labute approximate surface area is 162 Å². The van der Waals surface area contributed by atoms with Crippen molar-refractivity contribution in [3.8, 4) is 0 Å². The fourth-order valence-corrected chi connectivity index (χ4v) is 3.76. The maximum absolute atomic E-state index is 13.2. The van der Waals surface area contributed by atoms with Gasteiger partial charge in [0.1, 0.15) is 11.6 Å². The number of halogens is 1. The molecule has 2 aliphatic heterocycles. The molecule has 0 radical (unpaired) electrons. The molecule has 0 aliphatic carbocycles. The molecule has 2 aliphatic rings. The predicted molar refractivity (Wildman–Crippen MR) is 102 cm³/mol. The molecule has 0 bridgehead atoms. The fourth-order valence-electron chi connectivity index (χ4n) is 3.76. The van der Waals surface area contributed by atoms with Crippen LogP contribution in [0.1, 0.15) is 18.7 Å². The van der Waals surface area contributed by atoms with Gasteiger partial charge in [0, 0.05) is 39.3 Å². The molecule has 0 atom stereocenters. The lowest BCUT2D eigenvalue weighted by Gasteiger charge is -2.34. The Kier molecular flexibility index (Phi) is 5.43. The first-order valence-electron chi connectivity index (χ1n) is 9.75. The van der Waals surface area contributed by atoms with Crippen molar-refractivity contribution in [1.29, 1.82) is 0 Å². The van der Waals surface area contributed by atoms with Crippen molar-refractivity contribution in [3.05, 3.63) is 29.8 Å². The lowest BCUT2D eigenvalue weighted by Crippen LogP contribution is -2.53. The number of nitrogens with zero attached hydrogens (tertiary/aromatic N) is 4. The first-order valence-corrected chi connectivity index (χ1v) is 9.75. The minimum Gasteiger partial charge on any atom is -0.342 e. The number of H-pyrrole nitrogens is 1. The second-order valence-electron chi connectivity index (χ2n) is 7.35. The summed E-state index contributed by atoms with van der Waals surface area (Å²) in [5.74, 6) is 0.452. The lowest BCUT2D eigenvalue weighted by atomic mass is 10.3. The summed E-state index contributed by atoms with van der Waals surface area (Å²) < 4.78 is 13.2. The minimum atomic E-state index is -0.326. The van der Waals surface area contributed by atoms with Gasteiger partial charge in [-0.15, -0.1) is 0 Å². The highest BCUT2D eigenvalue weighted by atomic mass is 19.1. The molecular weight excluding hydrogens is 363 g/mol. The topological polar surface area (TPSA) is 84.6 Å². The number of amides is 3. The number of hydrogen-bond acceptors (Lipinski definition) is 4. The van der Waals surface area contributed by atoms with Crippen molar-refractivity contribution >= 4 is 23.0 Å². The Morgan fingerprint density at radius 2 is 1.82 bits per heavy atom. The smallest absolute Gasteiger partial charge is 0.317 e. The molecule has 0 saturated carbocycles. The van der Waals surface area contributed by atoms with Crippen LogP contribution in [0.25, 0.3) is 11.0 Å².